The van der Waals surface area contributed by atoms with Crippen LogP contribution in [0.25, 0.3) is 0 Å². The molecular formula is C22H34N2O6. The summed E-state index contributed by atoms with van der Waals surface area (Å²) in [4.78, 5) is 40.1. The molecular weight excluding hydrogens is 388 g/mol. The van der Waals surface area contributed by atoms with Crippen LogP contribution < -0.4 is 10.1 Å². The molecule has 0 radical (unpaired) electrons. The molecule has 0 aromatic carbocycles. The monoisotopic (exact) mass is 422 g/mol. The SMILES string of the molecule is CCCCCCCCOC(=O)c1cnc(C(=O)NCC(=O)OCCCC)c(OC)c1. The third-order valence-corrected chi connectivity index (χ3v) is 4.41. The highest BCUT2D eigenvalue weighted by atomic mass is 16.5. The molecule has 30 heavy (non-hydrogen) atoms. The van der Waals surface area contributed by atoms with E-state index in [0.717, 1.165) is 32.1 Å². The number of nitrogens with one attached hydrogen (secondary N) is 1. The van der Waals surface area contributed by atoms with Crippen molar-refractivity contribution in [3.05, 3.63) is 23.5 Å². The molecule has 1 N–H and O–H groups in total. The Labute approximate surface area is 178 Å². The average molecular weight is 423 g/mol. The molecule has 0 bridgehead atoms. The number of hydrogen-bond acceptors (Lipinski definition) is 7. The number of amides is 1. The van der Waals surface area contributed by atoms with Crippen LogP contribution in [0.5, 0.6) is 5.75 Å². The van der Waals surface area contributed by atoms with E-state index in [9.17, 15) is 14.4 Å². The number of carbonyl (C=O) groups is 3. The molecule has 1 amide bonds. The van der Waals surface area contributed by atoms with Gasteiger partial charge < -0.3 is 19.5 Å². The third-order valence-electron chi connectivity index (χ3n) is 4.41. The smallest absolute Gasteiger partial charge is 0.339 e. The lowest BCUT2D eigenvalue weighted by atomic mass is 10.1. The van der Waals surface area contributed by atoms with Crippen LogP contribution in [-0.2, 0) is 14.3 Å². The van der Waals surface area contributed by atoms with Crippen molar-refractivity contribution >= 4 is 17.8 Å². The Morgan fingerprint density at radius 2 is 1.60 bits per heavy atom. The molecule has 0 unspecified atom stereocenters. The van der Waals surface area contributed by atoms with Gasteiger partial charge in [-0.05, 0) is 18.9 Å². The molecule has 8 nitrogen and oxygen atoms in total. The first-order chi connectivity index (χ1) is 14.5. The minimum atomic E-state index is -0.591. The molecule has 1 heterocycles. The maximum Gasteiger partial charge on any atom is 0.339 e. The van der Waals surface area contributed by atoms with Gasteiger partial charge in [0.25, 0.3) is 5.91 Å². The summed E-state index contributed by atoms with van der Waals surface area (Å²) in [7, 11) is 1.37. The van der Waals surface area contributed by atoms with E-state index in [1.807, 2.05) is 6.92 Å². The number of methoxy groups -OCH3 is 1. The summed E-state index contributed by atoms with van der Waals surface area (Å²) in [6.07, 6.45) is 9.54. The lowest BCUT2D eigenvalue weighted by Crippen LogP contribution is -2.31. The second-order valence-corrected chi connectivity index (χ2v) is 6.94. The van der Waals surface area contributed by atoms with Gasteiger partial charge in [-0.25, -0.2) is 9.78 Å². The number of carbonyl (C=O) groups excluding carboxylic acids is 3. The van der Waals surface area contributed by atoms with Crippen LogP contribution >= 0.6 is 0 Å². The Morgan fingerprint density at radius 3 is 2.30 bits per heavy atom. The molecule has 0 saturated heterocycles. The van der Waals surface area contributed by atoms with Crippen molar-refractivity contribution in [3.63, 3.8) is 0 Å². The lowest BCUT2D eigenvalue weighted by Gasteiger charge is -2.10. The standard InChI is InChI=1S/C22H34N2O6/c1-4-6-8-9-10-11-13-30-22(27)17-14-18(28-3)20(23-15-17)21(26)24-16-19(25)29-12-7-5-2/h14-15H,4-13,16H2,1-3H3,(H,24,26). The quantitative estimate of drug-likeness (QED) is 0.340. The Morgan fingerprint density at radius 1 is 0.933 bits per heavy atom. The molecule has 168 valence electrons. The number of pyridine rings is 1. The van der Waals surface area contributed by atoms with E-state index in [0.29, 0.717) is 13.2 Å². The van der Waals surface area contributed by atoms with Crippen LogP contribution in [0.15, 0.2) is 12.3 Å². The van der Waals surface area contributed by atoms with Crippen LogP contribution in [0.2, 0.25) is 0 Å². The van der Waals surface area contributed by atoms with E-state index in [-0.39, 0.29) is 23.6 Å². The molecule has 8 heteroatoms. The minimum absolute atomic E-state index is 0.0219. The van der Waals surface area contributed by atoms with Crippen molar-refractivity contribution < 1.29 is 28.6 Å². The Hall–Kier alpha value is -2.64. The minimum Gasteiger partial charge on any atom is -0.494 e. The number of esters is 2. The van der Waals surface area contributed by atoms with Gasteiger partial charge in [0.2, 0.25) is 0 Å². The molecule has 0 fully saturated rings. The predicted octanol–water partition coefficient (Wildman–Crippen LogP) is 3.68. The van der Waals surface area contributed by atoms with E-state index in [4.69, 9.17) is 14.2 Å². The van der Waals surface area contributed by atoms with Gasteiger partial charge in [-0.2, -0.15) is 0 Å². The van der Waals surface area contributed by atoms with Gasteiger partial charge in [0.05, 0.1) is 25.9 Å². The second-order valence-electron chi connectivity index (χ2n) is 6.94. The summed E-state index contributed by atoms with van der Waals surface area (Å²) in [5, 5.41) is 2.44. The van der Waals surface area contributed by atoms with Crippen molar-refractivity contribution in [1.82, 2.24) is 10.3 Å². The molecule has 0 aliphatic rings. The Kier molecular flexibility index (Phi) is 12.9. The van der Waals surface area contributed by atoms with Crippen LogP contribution in [-0.4, -0.2) is 49.7 Å². The van der Waals surface area contributed by atoms with Gasteiger partial charge in [0.1, 0.15) is 6.54 Å². The van der Waals surface area contributed by atoms with E-state index in [2.05, 4.69) is 17.2 Å². The number of aromatic nitrogens is 1. The molecule has 0 spiro atoms. The zero-order chi connectivity index (χ0) is 22.2. The largest absolute Gasteiger partial charge is 0.494 e. The van der Waals surface area contributed by atoms with Crippen molar-refractivity contribution in [1.29, 1.82) is 0 Å². The molecule has 1 rings (SSSR count). The van der Waals surface area contributed by atoms with Crippen molar-refractivity contribution in [2.45, 2.75) is 65.2 Å². The summed E-state index contributed by atoms with van der Waals surface area (Å²) in [6.45, 7) is 4.55. The fourth-order valence-corrected chi connectivity index (χ4v) is 2.63. The average Bonchev–Trinajstić information content (AvgIpc) is 2.76. The first-order valence-corrected chi connectivity index (χ1v) is 10.7. The summed E-state index contributed by atoms with van der Waals surface area (Å²) in [5.74, 6) is -1.50. The van der Waals surface area contributed by atoms with E-state index >= 15 is 0 Å². The fraction of sp³-hybridized carbons (Fsp3) is 0.636. The number of hydrogen-bond donors (Lipinski definition) is 1. The fourth-order valence-electron chi connectivity index (χ4n) is 2.63. The highest BCUT2D eigenvalue weighted by Gasteiger charge is 2.18. The molecule has 0 aliphatic heterocycles. The number of ether oxygens (including phenoxy) is 3. The van der Waals surface area contributed by atoms with E-state index < -0.39 is 17.8 Å². The first-order valence-electron chi connectivity index (χ1n) is 10.7. The maximum absolute atomic E-state index is 12.3. The highest BCUT2D eigenvalue weighted by molar-refractivity contribution is 5.98. The van der Waals surface area contributed by atoms with Crippen molar-refractivity contribution in [2.24, 2.45) is 0 Å². The van der Waals surface area contributed by atoms with Gasteiger partial charge in [0, 0.05) is 6.20 Å². The Balaban J connectivity index is 2.51. The summed E-state index contributed by atoms with van der Waals surface area (Å²) >= 11 is 0. The van der Waals surface area contributed by atoms with E-state index in [1.165, 1.54) is 38.6 Å². The van der Waals surface area contributed by atoms with Gasteiger partial charge >= 0.3 is 11.9 Å². The van der Waals surface area contributed by atoms with E-state index in [1.54, 1.807) is 0 Å². The Bertz CT molecular complexity index is 678. The summed E-state index contributed by atoms with van der Waals surface area (Å²) < 4.78 is 15.4. The van der Waals surface area contributed by atoms with Gasteiger partial charge in [-0.15, -0.1) is 0 Å². The molecule has 0 atom stereocenters. The summed E-state index contributed by atoms with van der Waals surface area (Å²) in [5.41, 5.74) is 0.180. The van der Waals surface area contributed by atoms with Crippen molar-refractivity contribution in [3.8, 4) is 5.75 Å². The first kappa shape index (κ1) is 25.4. The normalized spacial score (nSPS) is 10.4. The van der Waals surface area contributed by atoms with Crippen LogP contribution in [0.1, 0.15) is 86.1 Å². The third kappa shape index (κ3) is 9.71. The molecule has 0 saturated carbocycles. The zero-order valence-electron chi connectivity index (χ0n) is 18.3. The topological polar surface area (TPSA) is 104 Å². The number of unbranched alkanes of at least 4 members (excludes halogenated alkanes) is 6. The van der Waals surface area contributed by atoms with Crippen LogP contribution in [0.4, 0.5) is 0 Å². The number of nitrogens with zero attached hydrogens (tertiary/aromatic N) is 1. The molecule has 1 aromatic rings. The summed E-state index contributed by atoms with van der Waals surface area (Å²) in [6, 6.07) is 1.41. The van der Waals surface area contributed by atoms with Crippen LogP contribution in [0.3, 0.4) is 0 Å². The highest BCUT2D eigenvalue weighted by Crippen LogP contribution is 2.18. The lowest BCUT2D eigenvalue weighted by molar-refractivity contribution is -0.142. The van der Waals surface area contributed by atoms with Gasteiger partial charge in [0.15, 0.2) is 11.4 Å². The zero-order valence-corrected chi connectivity index (χ0v) is 18.3. The number of rotatable bonds is 15. The predicted molar refractivity (Wildman–Crippen MR) is 113 cm³/mol. The van der Waals surface area contributed by atoms with Gasteiger partial charge in [-0.1, -0.05) is 52.4 Å². The van der Waals surface area contributed by atoms with Gasteiger partial charge in [-0.3, -0.25) is 9.59 Å². The van der Waals surface area contributed by atoms with Crippen LogP contribution in [0, 0.1) is 0 Å². The maximum atomic E-state index is 12.3. The second kappa shape index (κ2) is 15.2. The van der Waals surface area contributed by atoms with Crippen molar-refractivity contribution in [2.75, 3.05) is 26.9 Å². The molecule has 1 aromatic heterocycles. The molecule has 0 aliphatic carbocycles.